The van der Waals surface area contributed by atoms with E-state index in [4.69, 9.17) is 4.74 Å². The van der Waals surface area contributed by atoms with Gasteiger partial charge in [0.25, 0.3) is 11.6 Å². The van der Waals surface area contributed by atoms with Crippen molar-refractivity contribution in [3.05, 3.63) is 63.2 Å². The van der Waals surface area contributed by atoms with Gasteiger partial charge in [0, 0.05) is 31.1 Å². The number of nitro groups is 1. The lowest BCUT2D eigenvalue weighted by Crippen LogP contribution is -2.30. The summed E-state index contributed by atoms with van der Waals surface area (Å²) >= 11 is 0. The van der Waals surface area contributed by atoms with E-state index in [9.17, 15) is 19.7 Å². The average Bonchev–Trinajstić information content (AvgIpc) is 3.16. The standard InChI is InChI=1S/C21H23N3O5/c1-3-23(4-2)21(26)16-6-7-18(24(27)28)17(13-16)22-20(25)12-14-5-8-19-15(11-14)9-10-29-19/h5-8,11,13H,3-4,9-10,12H2,1-2H3,(H,22,25). The largest absolute Gasteiger partial charge is 0.493 e. The van der Waals surface area contributed by atoms with Crippen molar-refractivity contribution >= 4 is 23.2 Å². The second kappa shape index (κ2) is 8.72. The topological polar surface area (TPSA) is 102 Å². The normalized spacial score (nSPS) is 12.1. The molecule has 29 heavy (non-hydrogen) atoms. The van der Waals surface area contributed by atoms with Crippen LogP contribution in [0.15, 0.2) is 36.4 Å². The van der Waals surface area contributed by atoms with Crippen LogP contribution in [-0.4, -0.2) is 41.3 Å². The highest BCUT2D eigenvalue weighted by molar-refractivity contribution is 5.99. The minimum Gasteiger partial charge on any atom is -0.493 e. The molecule has 8 nitrogen and oxygen atoms in total. The number of nitro benzene ring substituents is 1. The molecule has 0 aromatic heterocycles. The fourth-order valence-corrected chi connectivity index (χ4v) is 3.35. The van der Waals surface area contributed by atoms with Crippen molar-refractivity contribution in [1.29, 1.82) is 0 Å². The van der Waals surface area contributed by atoms with E-state index in [0.29, 0.717) is 25.3 Å². The van der Waals surface area contributed by atoms with E-state index in [-0.39, 0.29) is 29.6 Å². The van der Waals surface area contributed by atoms with Crippen LogP contribution < -0.4 is 10.1 Å². The van der Waals surface area contributed by atoms with Crippen molar-refractivity contribution in [2.45, 2.75) is 26.7 Å². The lowest BCUT2D eigenvalue weighted by Gasteiger charge is -2.19. The third-order valence-electron chi connectivity index (χ3n) is 4.88. The number of ether oxygens (including phenoxy) is 1. The van der Waals surface area contributed by atoms with Gasteiger partial charge in [0.05, 0.1) is 18.0 Å². The molecule has 152 valence electrons. The second-order valence-electron chi connectivity index (χ2n) is 6.73. The van der Waals surface area contributed by atoms with Gasteiger partial charge in [0.15, 0.2) is 0 Å². The molecule has 0 spiro atoms. The van der Waals surface area contributed by atoms with Crippen molar-refractivity contribution in [2.75, 3.05) is 25.0 Å². The van der Waals surface area contributed by atoms with Crippen LogP contribution in [0.1, 0.15) is 35.3 Å². The van der Waals surface area contributed by atoms with Crippen LogP contribution >= 0.6 is 0 Å². The Hall–Kier alpha value is -3.42. The Morgan fingerprint density at radius 2 is 1.93 bits per heavy atom. The second-order valence-corrected chi connectivity index (χ2v) is 6.73. The number of carbonyl (C=O) groups excluding carboxylic acids is 2. The van der Waals surface area contributed by atoms with Gasteiger partial charge in [0.2, 0.25) is 5.91 Å². The molecule has 0 bridgehead atoms. The third kappa shape index (κ3) is 4.53. The summed E-state index contributed by atoms with van der Waals surface area (Å²) in [5.41, 5.74) is 1.90. The number of benzene rings is 2. The van der Waals surface area contributed by atoms with E-state index >= 15 is 0 Å². The maximum atomic E-state index is 12.6. The summed E-state index contributed by atoms with van der Waals surface area (Å²) in [6, 6.07) is 9.58. The number of fused-ring (bicyclic) bond motifs is 1. The summed E-state index contributed by atoms with van der Waals surface area (Å²) in [5, 5.41) is 14.0. The van der Waals surface area contributed by atoms with Crippen molar-refractivity contribution in [3.8, 4) is 5.75 Å². The molecule has 2 aromatic carbocycles. The summed E-state index contributed by atoms with van der Waals surface area (Å²) in [7, 11) is 0. The van der Waals surface area contributed by atoms with Crippen LogP contribution in [0.2, 0.25) is 0 Å². The monoisotopic (exact) mass is 397 g/mol. The van der Waals surface area contributed by atoms with Gasteiger partial charge in [0.1, 0.15) is 11.4 Å². The van der Waals surface area contributed by atoms with Gasteiger partial charge in [-0.25, -0.2) is 0 Å². The molecule has 0 unspecified atom stereocenters. The van der Waals surface area contributed by atoms with Crippen LogP contribution in [0.4, 0.5) is 11.4 Å². The Balaban J connectivity index is 1.80. The molecule has 2 aromatic rings. The molecule has 0 radical (unpaired) electrons. The third-order valence-corrected chi connectivity index (χ3v) is 4.88. The number of rotatable bonds is 7. The van der Waals surface area contributed by atoms with Gasteiger partial charge < -0.3 is 15.0 Å². The van der Waals surface area contributed by atoms with Crippen molar-refractivity contribution < 1.29 is 19.2 Å². The molecule has 1 aliphatic rings. The van der Waals surface area contributed by atoms with E-state index < -0.39 is 4.92 Å². The Bertz CT molecular complexity index is 953. The average molecular weight is 397 g/mol. The highest BCUT2D eigenvalue weighted by Crippen LogP contribution is 2.28. The van der Waals surface area contributed by atoms with E-state index in [1.54, 1.807) is 11.0 Å². The Kier molecular flexibility index (Phi) is 6.11. The van der Waals surface area contributed by atoms with Crippen molar-refractivity contribution in [3.63, 3.8) is 0 Å². The molecule has 0 saturated heterocycles. The van der Waals surface area contributed by atoms with Gasteiger partial charge in [-0.2, -0.15) is 0 Å². The number of nitrogens with one attached hydrogen (secondary N) is 1. The van der Waals surface area contributed by atoms with Crippen molar-refractivity contribution in [2.24, 2.45) is 0 Å². The molecular formula is C21H23N3O5. The molecule has 1 heterocycles. The SMILES string of the molecule is CCN(CC)C(=O)c1ccc([N+](=O)[O-])c(NC(=O)Cc2ccc3c(c2)CCO3)c1. The summed E-state index contributed by atoms with van der Waals surface area (Å²) < 4.78 is 5.46. The predicted octanol–water partition coefficient (Wildman–Crippen LogP) is 3.19. The molecule has 1 aliphatic heterocycles. The molecule has 0 aliphatic carbocycles. The van der Waals surface area contributed by atoms with Crippen molar-refractivity contribution in [1.82, 2.24) is 4.90 Å². The van der Waals surface area contributed by atoms with E-state index in [0.717, 1.165) is 23.3 Å². The number of hydrogen-bond donors (Lipinski definition) is 1. The number of hydrogen-bond acceptors (Lipinski definition) is 5. The lowest BCUT2D eigenvalue weighted by molar-refractivity contribution is -0.383. The maximum absolute atomic E-state index is 12.6. The maximum Gasteiger partial charge on any atom is 0.292 e. The first-order chi connectivity index (χ1) is 13.9. The summed E-state index contributed by atoms with van der Waals surface area (Å²) in [4.78, 5) is 37.5. The predicted molar refractivity (Wildman–Crippen MR) is 108 cm³/mol. The number of nitrogens with zero attached hydrogens (tertiary/aromatic N) is 2. The Morgan fingerprint density at radius 3 is 2.62 bits per heavy atom. The van der Waals surface area contributed by atoms with Crippen LogP contribution in [0, 0.1) is 10.1 Å². The first kappa shape index (κ1) is 20.3. The lowest BCUT2D eigenvalue weighted by atomic mass is 10.1. The van der Waals surface area contributed by atoms with Crippen LogP contribution in [0.5, 0.6) is 5.75 Å². The smallest absolute Gasteiger partial charge is 0.292 e. The van der Waals surface area contributed by atoms with Crippen LogP contribution in [0.25, 0.3) is 0 Å². The number of anilines is 1. The fraction of sp³-hybridized carbons (Fsp3) is 0.333. The highest BCUT2D eigenvalue weighted by atomic mass is 16.6. The minimum atomic E-state index is -0.575. The number of carbonyl (C=O) groups is 2. The van der Waals surface area contributed by atoms with E-state index in [1.165, 1.54) is 18.2 Å². The summed E-state index contributed by atoms with van der Waals surface area (Å²) in [6.07, 6.45) is 0.866. The summed E-state index contributed by atoms with van der Waals surface area (Å²) in [5.74, 6) is 0.200. The fourth-order valence-electron chi connectivity index (χ4n) is 3.35. The minimum absolute atomic E-state index is 0.0162. The van der Waals surface area contributed by atoms with E-state index in [1.807, 2.05) is 26.0 Å². The van der Waals surface area contributed by atoms with Gasteiger partial charge in [-0.05, 0) is 43.2 Å². The van der Waals surface area contributed by atoms with Gasteiger partial charge in [-0.15, -0.1) is 0 Å². The number of amides is 2. The molecule has 0 fully saturated rings. The quantitative estimate of drug-likeness (QED) is 0.571. The van der Waals surface area contributed by atoms with Crippen LogP contribution in [-0.2, 0) is 17.6 Å². The molecule has 3 rings (SSSR count). The highest BCUT2D eigenvalue weighted by Gasteiger charge is 2.21. The summed E-state index contributed by atoms with van der Waals surface area (Å²) in [6.45, 7) is 5.39. The van der Waals surface area contributed by atoms with Crippen LogP contribution in [0.3, 0.4) is 0 Å². The Labute approximate surface area is 168 Å². The van der Waals surface area contributed by atoms with E-state index in [2.05, 4.69) is 5.32 Å². The van der Waals surface area contributed by atoms with Gasteiger partial charge in [-0.3, -0.25) is 19.7 Å². The zero-order chi connectivity index (χ0) is 21.0. The molecule has 2 amide bonds. The molecule has 1 N–H and O–H groups in total. The first-order valence-corrected chi connectivity index (χ1v) is 9.55. The zero-order valence-corrected chi connectivity index (χ0v) is 16.4. The molecular weight excluding hydrogens is 374 g/mol. The van der Waals surface area contributed by atoms with Gasteiger partial charge in [-0.1, -0.05) is 12.1 Å². The van der Waals surface area contributed by atoms with Gasteiger partial charge >= 0.3 is 0 Å². The Morgan fingerprint density at radius 1 is 1.17 bits per heavy atom. The molecule has 0 saturated carbocycles. The molecule has 0 atom stereocenters. The first-order valence-electron chi connectivity index (χ1n) is 9.55. The molecule has 8 heteroatoms. The zero-order valence-electron chi connectivity index (χ0n) is 16.4.